The molecule has 2 aromatic carbocycles. The maximum absolute atomic E-state index is 14.2. The third kappa shape index (κ3) is 12.4. The van der Waals surface area contributed by atoms with Gasteiger partial charge in [-0.15, -0.1) is 0 Å². The molecule has 5 atom stereocenters. The van der Waals surface area contributed by atoms with Crippen molar-refractivity contribution in [1.82, 2.24) is 42.1 Å². The minimum absolute atomic E-state index is 0.000748. The number of carbonyl (C=O) groups excluding carboxylic acids is 4. The minimum Gasteiger partial charge on any atom is -0.508 e. The Balaban J connectivity index is 1.88. The van der Waals surface area contributed by atoms with Crippen LogP contribution in [0.25, 0.3) is 11.1 Å². The topological polar surface area (TPSA) is 216 Å². The number of likely N-dealkylation sites (N-methyl/N-ethyl adjacent to an activating group) is 4. The van der Waals surface area contributed by atoms with E-state index in [1.165, 1.54) is 18.0 Å². The second kappa shape index (κ2) is 21.3. The second-order valence-electron chi connectivity index (χ2n) is 13.3. The van der Waals surface area contributed by atoms with Crippen LogP contribution >= 0.6 is 0 Å². The first-order valence-corrected chi connectivity index (χ1v) is 18.0. The quantitative estimate of drug-likeness (QED) is 0.0924. The van der Waals surface area contributed by atoms with Crippen LogP contribution in [-0.2, 0) is 32.0 Å². The van der Waals surface area contributed by atoms with E-state index in [4.69, 9.17) is 0 Å². The van der Waals surface area contributed by atoms with E-state index in [2.05, 4.69) is 37.2 Å². The number of nitrogens with one attached hydrogen (secondary N) is 7. The molecule has 3 rings (SSSR count). The molecule has 15 nitrogen and oxygen atoms in total. The average Bonchev–Trinajstić information content (AvgIpc) is 3.12. The molecule has 288 valence electrons. The van der Waals surface area contributed by atoms with Crippen LogP contribution in [0.3, 0.4) is 0 Å². The number of aliphatic hydroxyl groups excluding tert-OH is 1. The molecule has 0 saturated carbocycles. The zero-order valence-corrected chi connectivity index (χ0v) is 31.1. The van der Waals surface area contributed by atoms with E-state index in [-0.39, 0.29) is 49.3 Å². The van der Waals surface area contributed by atoms with E-state index >= 15 is 0 Å². The van der Waals surface area contributed by atoms with Crippen molar-refractivity contribution in [3.05, 3.63) is 47.5 Å². The molecular weight excluding hydrogens is 668 g/mol. The van der Waals surface area contributed by atoms with Crippen LogP contribution < -0.4 is 37.2 Å². The summed E-state index contributed by atoms with van der Waals surface area (Å²) in [6.07, 6.45) is 1.37. The number of aromatic hydroxyl groups is 2. The molecule has 15 heteroatoms. The number of rotatable bonds is 17. The number of aliphatic hydroxyl groups is 1. The van der Waals surface area contributed by atoms with Gasteiger partial charge in [-0.05, 0) is 87.6 Å². The monoisotopic (exact) mass is 726 g/mol. The van der Waals surface area contributed by atoms with Crippen molar-refractivity contribution in [1.29, 1.82) is 0 Å². The van der Waals surface area contributed by atoms with Crippen molar-refractivity contribution >= 4 is 23.6 Å². The SMILES string of the molecule is CNCCNC(=O)C[C@H](CCCCNC(=O)[C@@H]1Cc2cc(ccc2O)-c2ccc(O)c(c2)C[C@H](NC)C(=O)N[C@@H](C[C@@H](O)CNC)C(=O)N1C)NC. The van der Waals surface area contributed by atoms with E-state index in [0.717, 1.165) is 18.4 Å². The molecule has 1 heterocycles. The van der Waals surface area contributed by atoms with Crippen LogP contribution in [0.1, 0.15) is 43.2 Å². The maximum Gasteiger partial charge on any atom is 0.245 e. The molecule has 0 aliphatic carbocycles. The van der Waals surface area contributed by atoms with Gasteiger partial charge in [-0.25, -0.2) is 0 Å². The molecule has 0 saturated heterocycles. The molecule has 1 aliphatic heterocycles. The molecule has 0 aromatic heterocycles. The summed E-state index contributed by atoms with van der Waals surface area (Å²) in [5, 5.41) is 53.0. The minimum atomic E-state index is -1.19. The van der Waals surface area contributed by atoms with E-state index in [1.807, 2.05) is 14.1 Å². The molecule has 0 fully saturated rings. The summed E-state index contributed by atoms with van der Waals surface area (Å²) in [7, 11) is 8.38. The summed E-state index contributed by atoms with van der Waals surface area (Å²) >= 11 is 0. The number of hydrogen-bond acceptors (Lipinski definition) is 11. The predicted molar refractivity (Wildman–Crippen MR) is 200 cm³/mol. The summed E-state index contributed by atoms with van der Waals surface area (Å²) < 4.78 is 0. The fourth-order valence-electron chi connectivity index (χ4n) is 6.32. The lowest BCUT2D eigenvalue weighted by Gasteiger charge is -2.32. The molecule has 10 N–H and O–H groups in total. The van der Waals surface area contributed by atoms with Gasteiger partial charge in [0.1, 0.15) is 23.6 Å². The number of phenols is 2. The normalized spacial score (nSPS) is 19.2. The van der Waals surface area contributed by atoms with Gasteiger partial charge in [-0.3, -0.25) is 19.2 Å². The third-order valence-electron chi connectivity index (χ3n) is 9.49. The Labute approximate surface area is 306 Å². The van der Waals surface area contributed by atoms with E-state index in [1.54, 1.807) is 44.4 Å². The second-order valence-corrected chi connectivity index (χ2v) is 13.3. The van der Waals surface area contributed by atoms with Crippen LogP contribution in [0.4, 0.5) is 0 Å². The van der Waals surface area contributed by atoms with Gasteiger partial charge in [-0.2, -0.15) is 0 Å². The van der Waals surface area contributed by atoms with Crippen LogP contribution in [0.15, 0.2) is 36.4 Å². The summed E-state index contributed by atoms with van der Waals surface area (Å²) in [6.45, 7) is 1.72. The smallest absolute Gasteiger partial charge is 0.245 e. The number of benzene rings is 2. The van der Waals surface area contributed by atoms with Gasteiger partial charge < -0.3 is 57.4 Å². The van der Waals surface area contributed by atoms with Gasteiger partial charge in [0.15, 0.2) is 0 Å². The molecular formula is C37H58N8O7. The fourth-order valence-corrected chi connectivity index (χ4v) is 6.32. The first-order valence-electron chi connectivity index (χ1n) is 18.0. The first kappa shape index (κ1) is 42.1. The number of hydrogen-bond donors (Lipinski definition) is 10. The summed E-state index contributed by atoms with van der Waals surface area (Å²) in [5.74, 6) is -1.63. The van der Waals surface area contributed by atoms with Crippen LogP contribution in [0, 0.1) is 0 Å². The maximum atomic E-state index is 14.2. The highest BCUT2D eigenvalue weighted by Gasteiger charge is 2.35. The summed E-state index contributed by atoms with van der Waals surface area (Å²) in [6, 6.07) is 6.93. The van der Waals surface area contributed by atoms with Crippen molar-refractivity contribution in [2.75, 3.05) is 61.4 Å². The van der Waals surface area contributed by atoms with Crippen molar-refractivity contribution in [2.45, 2.75) is 75.2 Å². The van der Waals surface area contributed by atoms with Gasteiger partial charge in [-0.1, -0.05) is 18.6 Å². The van der Waals surface area contributed by atoms with E-state index in [9.17, 15) is 34.5 Å². The molecule has 1 aliphatic rings. The Bertz CT molecular complexity index is 1490. The van der Waals surface area contributed by atoms with Crippen LogP contribution in [-0.4, -0.2) is 136 Å². The third-order valence-corrected chi connectivity index (χ3v) is 9.49. The Morgan fingerprint density at radius 1 is 0.885 bits per heavy atom. The van der Waals surface area contributed by atoms with Gasteiger partial charge in [0.25, 0.3) is 0 Å². The largest absolute Gasteiger partial charge is 0.508 e. The highest BCUT2D eigenvalue weighted by atomic mass is 16.3. The first-order chi connectivity index (χ1) is 24.9. The predicted octanol–water partition coefficient (Wildman–Crippen LogP) is -0.666. The standard InChI is InChI=1S/C37H58N8O7/c1-38-14-15-42-34(49)20-27(40-3)8-6-7-13-43-36(51)31-19-26-17-24(10-12-33(26)48)23-9-11-32(47)25(16-23)18-29(41-4)35(50)44-30(37(52)45(31)5)21-28(46)22-39-2/h9-12,16-17,27-31,38-41,46-48H,6-8,13-15,18-22H2,1-5H3,(H,42,49)(H,43,51)(H,44,50)/t27-,28+,29-,30-,31-/m0/s1. The van der Waals surface area contributed by atoms with Crippen molar-refractivity contribution in [3.8, 4) is 22.6 Å². The van der Waals surface area contributed by atoms with Gasteiger partial charge in [0.05, 0.1) is 12.1 Å². The number of amides is 4. The number of phenolic OH excluding ortho intramolecular Hbond substituents is 2. The summed E-state index contributed by atoms with van der Waals surface area (Å²) in [5.41, 5.74) is 2.37. The lowest BCUT2D eigenvalue weighted by atomic mass is 9.95. The molecule has 0 unspecified atom stereocenters. The van der Waals surface area contributed by atoms with Gasteiger partial charge >= 0.3 is 0 Å². The lowest BCUT2D eigenvalue weighted by molar-refractivity contribution is -0.142. The zero-order chi connectivity index (χ0) is 38.2. The Morgan fingerprint density at radius 3 is 2.13 bits per heavy atom. The highest BCUT2D eigenvalue weighted by molar-refractivity contribution is 5.93. The number of carbonyl (C=O) groups is 4. The van der Waals surface area contributed by atoms with E-state index in [0.29, 0.717) is 49.2 Å². The molecule has 0 spiro atoms. The summed E-state index contributed by atoms with van der Waals surface area (Å²) in [4.78, 5) is 55.2. The van der Waals surface area contributed by atoms with E-state index < -0.39 is 42.0 Å². The van der Waals surface area contributed by atoms with Crippen molar-refractivity contribution in [3.63, 3.8) is 0 Å². The fraction of sp³-hybridized carbons (Fsp3) is 0.568. The van der Waals surface area contributed by atoms with Crippen LogP contribution in [0.2, 0.25) is 0 Å². The number of unbranched alkanes of at least 4 members (excludes halogenated alkanes) is 1. The molecule has 4 bridgehead atoms. The zero-order valence-electron chi connectivity index (χ0n) is 31.1. The van der Waals surface area contributed by atoms with Crippen LogP contribution in [0.5, 0.6) is 11.5 Å². The Morgan fingerprint density at radius 2 is 1.54 bits per heavy atom. The molecule has 2 aromatic rings. The molecule has 0 radical (unpaired) electrons. The molecule has 4 amide bonds. The van der Waals surface area contributed by atoms with Gasteiger partial charge in [0, 0.05) is 65.0 Å². The highest BCUT2D eigenvalue weighted by Crippen LogP contribution is 2.31. The Kier molecular flexibility index (Phi) is 17.3. The van der Waals surface area contributed by atoms with Crippen molar-refractivity contribution < 1.29 is 34.5 Å². The number of nitrogens with zero attached hydrogens (tertiary/aromatic N) is 1. The Hall–Kier alpha value is -4.28. The van der Waals surface area contributed by atoms with Gasteiger partial charge in [0.2, 0.25) is 23.6 Å². The van der Waals surface area contributed by atoms with Crippen molar-refractivity contribution in [2.24, 2.45) is 0 Å². The lowest BCUT2D eigenvalue weighted by Crippen LogP contribution is -2.58. The molecule has 52 heavy (non-hydrogen) atoms. The average molecular weight is 727 g/mol. The number of fused-ring (bicyclic) bond motifs is 5.